The van der Waals surface area contributed by atoms with Crippen molar-refractivity contribution >= 4 is 23.5 Å². The second-order valence-electron chi connectivity index (χ2n) is 8.26. The number of carbonyl (C=O) groups excluding carboxylic acids is 1. The second-order valence-corrected chi connectivity index (χ2v) is 8.53. The van der Waals surface area contributed by atoms with E-state index < -0.39 is 104 Å². The Morgan fingerprint density at radius 2 is 0.980 bits per heavy atom. The highest BCUT2D eigenvalue weighted by Crippen LogP contribution is 2.29. The van der Waals surface area contributed by atoms with E-state index in [2.05, 4.69) is 23.7 Å². The fourth-order valence-corrected chi connectivity index (χ4v) is 2.60. The number of alkyl halides is 13. The average Bonchev–Trinajstić information content (AvgIpc) is 2.98. The van der Waals surface area contributed by atoms with E-state index in [1.54, 1.807) is 6.07 Å². The molecule has 2 aromatic rings. The number of carboxylic acids is 1. The van der Waals surface area contributed by atoms with E-state index in [4.69, 9.17) is 27.2 Å². The summed E-state index contributed by atoms with van der Waals surface area (Å²) in [4.78, 5) is 22.6. The van der Waals surface area contributed by atoms with Gasteiger partial charge in [0.25, 0.3) is 0 Å². The third-order valence-electron chi connectivity index (χ3n) is 4.27. The van der Waals surface area contributed by atoms with Crippen LogP contribution in [0.5, 0.6) is 23.0 Å². The summed E-state index contributed by atoms with van der Waals surface area (Å²) in [6.07, 6.45) is -18.7. The molecule has 23 heteroatoms. The Morgan fingerprint density at radius 1 is 0.633 bits per heavy atom. The summed E-state index contributed by atoms with van der Waals surface area (Å²) in [5, 5.41) is 24.6. The van der Waals surface area contributed by atoms with Gasteiger partial charge in [-0.1, -0.05) is 0 Å². The maximum atomic E-state index is 12.2. The summed E-state index contributed by atoms with van der Waals surface area (Å²) < 4.78 is 166. The number of benzene rings is 2. The number of esters is 1. The lowest BCUT2D eigenvalue weighted by Gasteiger charge is -2.14. The van der Waals surface area contributed by atoms with Gasteiger partial charge in [0.1, 0.15) is 46.1 Å². The van der Waals surface area contributed by atoms with Crippen LogP contribution in [0.1, 0.15) is 20.7 Å². The molecule has 0 saturated carbocycles. The predicted octanol–water partition coefficient (Wildman–Crippen LogP) is 7.26. The molecule has 0 bridgehead atoms. The molecule has 49 heavy (non-hydrogen) atoms. The van der Waals surface area contributed by atoms with Gasteiger partial charge in [0.05, 0.1) is 6.07 Å². The van der Waals surface area contributed by atoms with E-state index in [1.807, 2.05) is 0 Å². The number of rotatable bonds is 11. The van der Waals surface area contributed by atoms with Gasteiger partial charge in [-0.25, -0.2) is 9.59 Å². The van der Waals surface area contributed by atoms with E-state index in [0.717, 1.165) is 30.3 Å². The summed E-state index contributed by atoms with van der Waals surface area (Å²) in [6.45, 7) is -7.48. The Labute approximate surface area is 271 Å². The highest BCUT2D eigenvalue weighted by molar-refractivity contribution is 6.19. The van der Waals surface area contributed by atoms with Crippen LogP contribution < -0.4 is 18.9 Å². The first-order valence-electron chi connectivity index (χ1n) is 12.2. The Balaban J connectivity index is 0.000000853. The molecule has 10 nitrogen and oxygen atoms in total. The molecule has 0 unspecified atom stereocenters. The maximum Gasteiger partial charge on any atom is 0.422 e. The standard InChI is InChI=1S/C13H9F6NO4.C11H8F6O4.C2H2ClN/c14-12(15,16)6-23-8-1-2-10(24-7-13(17,18)19)9(5-8)11(21)22-4-3-20;12-10(13,14)4-20-6-1-2-8(7(3-6)9(18)19)21-5-11(15,16)17;3-1-2-4/h1-2,5H,4,6-7H2;1-3H,4-5H2,(H,18,19);1H2. The number of hydrogen-bond acceptors (Lipinski definition) is 9. The number of hydrogen-bond donors (Lipinski definition) is 1. The van der Waals surface area contributed by atoms with Crippen molar-refractivity contribution in [2.24, 2.45) is 0 Å². The molecule has 0 aliphatic heterocycles. The van der Waals surface area contributed by atoms with Crippen LogP contribution in [0.25, 0.3) is 0 Å². The number of aromatic carboxylic acids is 1. The molecular formula is C26H19ClF12N2O8. The Kier molecular flexibility index (Phi) is 17.7. The summed E-state index contributed by atoms with van der Waals surface area (Å²) >= 11 is 4.82. The van der Waals surface area contributed by atoms with Gasteiger partial charge < -0.3 is 28.8 Å². The van der Waals surface area contributed by atoms with Gasteiger partial charge in [0, 0.05) is 0 Å². The van der Waals surface area contributed by atoms with Gasteiger partial charge in [0.2, 0.25) is 0 Å². The van der Waals surface area contributed by atoms with Crippen molar-refractivity contribution in [3.63, 3.8) is 0 Å². The van der Waals surface area contributed by atoms with Crippen LogP contribution in [0, 0.1) is 22.7 Å². The largest absolute Gasteiger partial charge is 0.484 e. The number of nitriles is 2. The van der Waals surface area contributed by atoms with Gasteiger partial charge in [0.15, 0.2) is 33.0 Å². The average molecular weight is 751 g/mol. The zero-order chi connectivity index (χ0) is 38.1. The second kappa shape index (κ2) is 19.7. The van der Waals surface area contributed by atoms with Gasteiger partial charge in [-0.05, 0) is 36.4 Å². The molecule has 0 amide bonds. The fraction of sp³-hybridized carbons (Fsp3) is 0.385. The van der Waals surface area contributed by atoms with Crippen LogP contribution in [0.3, 0.4) is 0 Å². The summed E-state index contributed by atoms with van der Waals surface area (Å²) in [6, 6.07) is 7.95. The van der Waals surface area contributed by atoms with E-state index in [9.17, 15) is 62.3 Å². The number of halogens is 13. The van der Waals surface area contributed by atoms with Crippen molar-refractivity contribution in [3.05, 3.63) is 47.5 Å². The van der Waals surface area contributed by atoms with E-state index in [-0.39, 0.29) is 5.88 Å². The van der Waals surface area contributed by atoms with Crippen LogP contribution in [0.2, 0.25) is 0 Å². The smallest absolute Gasteiger partial charge is 0.422 e. The van der Waals surface area contributed by atoms with Crippen LogP contribution in [0.4, 0.5) is 52.7 Å². The molecule has 0 aliphatic rings. The zero-order valence-electron chi connectivity index (χ0n) is 23.8. The molecular weight excluding hydrogens is 732 g/mol. The monoisotopic (exact) mass is 750 g/mol. The first kappa shape index (κ1) is 44.0. The van der Waals surface area contributed by atoms with E-state index in [1.165, 1.54) is 6.07 Å². The van der Waals surface area contributed by atoms with Gasteiger partial charge >= 0.3 is 36.6 Å². The molecule has 2 rings (SSSR count). The molecule has 0 radical (unpaired) electrons. The van der Waals surface area contributed by atoms with Crippen LogP contribution in [-0.2, 0) is 4.74 Å². The van der Waals surface area contributed by atoms with Crippen molar-refractivity contribution in [1.82, 2.24) is 0 Å². The number of carbonyl (C=O) groups is 2. The number of carboxylic acid groups (broad SMARTS) is 1. The third-order valence-corrected chi connectivity index (χ3v) is 4.39. The van der Waals surface area contributed by atoms with Gasteiger partial charge in [-0.3, -0.25) is 0 Å². The summed E-state index contributed by atoms with van der Waals surface area (Å²) in [5.41, 5.74) is -1.34. The third kappa shape index (κ3) is 21.5. The van der Waals surface area contributed by atoms with Crippen molar-refractivity contribution in [1.29, 1.82) is 10.5 Å². The molecule has 2 aromatic carbocycles. The molecule has 1 N–H and O–H groups in total. The van der Waals surface area contributed by atoms with Crippen molar-refractivity contribution < 1.29 is 91.1 Å². The Bertz CT molecular complexity index is 1450. The molecule has 0 fully saturated rings. The first-order chi connectivity index (χ1) is 22.4. The highest BCUT2D eigenvalue weighted by Gasteiger charge is 2.32. The lowest BCUT2D eigenvalue weighted by atomic mass is 10.2. The molecule has 0 atom stereocenters. The lowest BCUT2D eigenvalue weighted by molar-refractivity contribution is -0.154. The normalized spacial score (nSPS) is 11.2. The Morgan fingerprint density at radius 3 is 1.31 bits per heavy atom. The zero-order valence-corrected chi connectivity index (χ0v) is 24.6. The SMILES string of the molecule is N#CCCl.N#CCOC(=O)c1cc(OCC(F)(F)F)ccc1OCC(F)(F)F.O=C(O)c1cc(OCC(F)(F)F)ccc1OCC(F)(F)F. The molecule has 0 heterocycles. The maximum absolute atomic E-state index is 12.2. The van der Waals surface area contributed by atoms with Crippen molar-refractivity contribution in [2.45, 2.75) is 24.7 Å². The lowest BCUT2D eigenvalue weighted by Crippen LogP contribution is -2.21. The highest BCUT2D eigenvalue weighted by atomic mass is 35.5. The molecule has 272 valence electrons. The van der Waals surface area contributed by atoms with E-state index >= 15 is 0 Å². The first-order valence-corrected chi connectivity index (χ1v) is 12.7. The van der Waals surface area contributed by atoms with Crippen LogP contribution >= 0.6 is 11.6 Å². The Hall–Kier alpha value is -4.99. The van der Waals surface area contributed by atoms with Crippen LogP contribution in [-0.4, -0.2) is 80.7 Å². The van der Waals surface area contributed by atoms with Crippen LogP contribution in [0.15, 0.2) is 36.4 Å². The predicted molar refractivity (Wildman–Crippen MR) is 138 cm³/mol. The quantitative estimate of drug-likeness (QED) is 0.141. The number of nitrogens with zero attached hydrogens (tertiary/aromatic N) is 2. The molecule has 0 spiro atoms. The van der Waals surface area contributed by atoms with E-state index in [0.29, 0.717) is 6.07 Å². The van der Waals surface area contributed by atoms with Crippen molar-refractivity contribution in [3.8, 4) is 35.1 Å². The minimum Gasteiger partial charge on any atom is -0.484 e. The van der Waals surface area contributed by atoms with Crippen molar-refractivity contribution in [2.75, 3.05) is 38.9 Å². The van der Waals surface area contributed by atoms with Gasteiger partial charge in [-0.15, -0.1) is 11.6 Å². The summed E-state index contributed by atoms with van der Waals surface area (Å²) in [7, 11) is 0. The molecule has 0 aliphatic carbocycles. The fourth-order valence-electron chi connectivity index (χ4n) is 2.60. The number of ether oxygens (including phenoxy) is 5. The molecule has 0 saturated heterocycles. The minimum atomic E-state index is -4.70. The molecule has 0 aromatic heterocycles. The summed E-state index contributed by atoms with van der Waals surface area (Å²) in [5.74, 6) is -4.90. The minimum absolute atomic E-state index is 0.0972. The van der Waals surface area contributed by atoms with Gasteiger partial charge in [-0.2, -0.15) is 63.2 Å². The topological polar surface area (TPSA) is 148 Å².